The van der Waals surface area contributed by atoms with Crippen LogP contribution in [0.15, 0.2) is 48.5 Å². The molecule has 0 spiro atoms. The molecule has 27 heavy (non-hydrogen) atoms. The van der Waals surface area contributed by atoms with Crippen LogP contribution in [0.2, 0.25) is 0 Å². The monoisotopic (exact) mass is 480 g/mol. The summed E-state index contributed by atoms with van der Waals surface area (Å²) in [6.07, 6.45) is 2.38. The van der Waals surface area contributed by atoms with Crippen molar-refractivity contribution >= 4 is 28.5 Å². The van der Waals surface area contributed by atoms with E-state index in [0.29, 0.717) is 12.3 Å². The number of ether oxygens (including phenoxy) is 2. The zero-order valence-corrected chi connectivity index (χ0v) is 17.6. The van der Waals surface area contributed by atoms with E-state index in [-0.39, 0.29) is 18.6 Å². The number of benzene rings is 2. The Morgan fingerprint density at radius 3 is 2.56 bits per heavy atom. The summed E-state index contributed by atoms with van der Waals surface area (Å²) < 4.78 is 12.3. The molecule has 2 aromatic rings. The van der Waals surface area contributed by atoms with Gasteiger partial charge in [-0.1, -0.05) is 18.2 Å². The molecule has 5 nitrogen and oxygen atoms in total. The number of nitrogens with one attached hydrogen (secondary N) is 1. The summed E-state index contributed by atoms with van der Waals surface area (Å²) in [5.74, 6) is 1.44. The predicted molar refractivity (Wildman–Crippen MR) is 114 cm³/mol. The Morgan fingerprint density at radius 2 is 1.85 bits per heavy atom. The fraction of sp³-hybridized carbons (Fsp3) is 0.381. The number of carbonyl (C=O) groups excluding carboxylic acids is 1. The van der Waals surface area contributed by atoms with Crippen LogP contribution >= 0.6 is 22.6 Å². The number of hydrogen-bond donors (Lipinski definition) is 1. The van der Waals surface area contributed by atoms with E-state index in [0.717, 1.165) is 28.0 Å². The second kappa shape index (κ2) is 9.94. The highest BCUT2D eigenvalue weighted by Gasteiger charge is 2.26. The number of likely N-dealkylation sites (tertiary alicyclic amines) is 1. The molecule has 0 radical (unpaired) electrons. The van der Waals surface area contributed by atoms with Crippen LogP contribution < -0.4 is 14.8 Å². The first-order valence-electron chi connectivity index (χ1n) is 9.19. The fourth-order valence-corrected chi connectivity index (χ4v) is 3.73. The molecular weight excluding hydrogens is 455 g/mol. The van der Waals surface area contributed by atoms with Crippen LogP contribution in [0, 0.1) is 3.57 Å². The zero-order valence-electron chi connectivity index (χ0n) is 15.5. The van der Waals surface area contributed by atoms with Crippen LogP contribution in [-0.4, -0.2) is 44.2 Å². The lowest BCUT2D eigenvalue weighted by molar-refractivity contribution is -0.123. The second-order valence-electron chi connectivity index (χ2n) is 6.55. The highest BCUT2D eigenvalue weighted by atomic mass is 127. The van der Waals surface area contributed by atoms with E-state index in [9.17, 15) is 4.79 Å². The summed E-state index contributed by atoms with van der Waals surface area (Å²) in [7, 11) is 1.69. The summed E-state index contributed by atoms with van der Waals surface area (Å²) in [5, 5.41) is 3.03. The quantitative estimate of drug-likeness (QED) is 0.587. The molecule has 1 fully saturated rings. The van der Waals surface area contributed by atoms with E-state index in [1.807, 2.05) is 42.5 Å². The predicted octanol–water partition coefficient (Wildman–Crippen LogP) is 3.63. The molecule has 144 valence electrons. The molecule has 1 unspecified atom stereocenters. The molecule has 3 rings (SSSR count). The van der Waals surface area contributed by atoms with E-state index in [1.165, 1.54) is 12.8 Å². The summed E-state index contributed by atoms with van der Waals surface area (Å²) in [5.41, 5.74) is 1.11. The number of halogens is 1. The van der Waals surface area contributed by atoms with Gasteiger partial charge >= 0.3 is 0 Å². The van der Waals surface area contributed by atoms with Crippen molar-refractivity contribution in [2.75, 3.05) is 33.4 Å². The lowest BCUT2D eigenvalue weighted by Crippen LogP contribution is -2.38. The number of rotatable bonds is 8. The number of hydrogen-bond acceptors (Lipinski definition) is 4. The van der Waals surface area contributed by atoms with Crippen LogP contribution in [0.5, 0.6) is 11.5 Å². The minimum atomic E-state index is -0.118. The maximum atomic E-state index is 12.3. The van der Waals surface area contributed by atoms with Crippen molar-refractivity contribution in [3.8, 4) is 11.5 Å². The van der Waals surface area contributed by atoms with Gasteiger partial charge in [-0.2, -0.15) is 0 Å². The summed E-state index contributed by atoms with van der Waals surface area (Å²) in [6.45, 7) is 2.63. The third kappa shape index (κ3) is 5.59. The smallest absolute Gasteiger partial charge is 0.258 e. The van der Waals surface area contributed by atoms with Gasteiger partial charge in [-0.05, 0) is 78.9 Å². The Hall–Kier alpha value is -1.80. The maximum Gasteiger partial charge on any atom is 0.258 e. The van der Waals surface area contributed by atoms with Crippen LogP contribution in [-0.2, 0) is 4.79 Å². The number of nitrogens with zero attached hydrogens (tertiary/aromatic N) is 1. The lowest BCUT2D eigenvalue weighted by Gasteiger charge is -2.29. The van der Waals surface area contributed by atoms with Crippen molar-refractivity contribution in [2.45, 2.75) is 18.9 Å². The van der Waals surface area contributed by atoms with Gasteiger partial charge in [-0.15, -0.1) is 0 Å². The number of amides is 1. The molecule has 6 heteroatoms. The van der Waals surface area contributed by atoms with Gasteiger partial charge < -0.3 is 14.8 Å². The number of para-hydroxylation sites is 1. The van der Waals surface area contributed by atoms with Crippen molar-refractivity contribution < 1.29 is 14.3 Å². The standard InChI is InChI=1S/C21H25IN2O3/c1-26-20-7-3-2-6-18(20)19(24-12-4-5-13-24)14-23-21(25)15-27-17-10-8-16(22)9-11-17/h2-3,6-11,19H,4-5,12-15H2,1H3,(H,23,25). The molecule has 1 aliphatic heterocycles. The highest BCUT2D eigenvalue weighted by molar-refractivity contribution is 14.1. The molecule has 1 atom stereocenters. The molecule has 1 N–H and O–H groups in total. The average molecular weight is 480 g/mol. The molecule has 0 aromatic heterocycles. The SMILES string of the molecule is COc1ccccc1C(CNC(=O)COc1ccc(I)cc1)N1CCCC1. The molecule has 0 saturated carbocycles. The fourth-order valence-electron chi connectivity index (χ4n) is 3.37. The van der Waals surface area contributed by atoms with Crippen LogP contribution in [0.1, 0.15) is 24.4 Å². The average Bonchev–Trinajstić information content (AvgIpc) is 3.22. The second-order valence-corrected chi connectivity index (χ2v) is 7.79. The lowest BCUT2D eigenvalue weighted by atomic mass is 10.0. The third-order valence-corrected chi connectivity index (χ3v) is 5.47. The van der Waals surface area contributed by atoms with E-state index in [2.05, 4.69) is 38.9 Å². The van der Waals surface area contributed by atoms with Crippen LogP contribution in [0.4, 0.5) is 0 Å². The van der Waals surface area contributed by atoms with Gasteiger partial charge in [-0.25, -0.2) is 0 Å². The van der Waals surface area contributed by atoms with Gasteiger partial charge in [0.15, 0.2) is 6.61 Å². The Kier molecular flexibility index (Phi) is 7.34. The molecule has 1 amide bonds. The Morgan fingerprint density at radius 1 is 1.15 bits per heavy atom. The van der Waals surface area contributed by atoms with Gasteiger partial charge in [0.2, 0.25) is 0 Å². The van der Waals surface area contributed by atoms with Gasteiger partial charge in [0.25, 0.3) is 5.91 Å². The molecule has 2 aromatic carbocycles. The summed E-state index contributed by atoms with van der Waals surface area (Å²) in [6, 6.07) is 15.8. The van der Waals surface area contributed by atoms with E-state index >= 15 is 0 Å². The normalized spacial score (nSPS) is 15.3. The summed E-state index contributed by atoms with van der Waals surface area (Å²) >= 11 is 2.24. The van der Waals surface area contributed by atoms with E-state index in [1.54, 1.807) is 7.11 Å². The molecule has 0 aliphatic carbocycles. The molecule has 1 saturated heterocycles. The maximum absolute atomic E-state index is 12.3. The molecule has 1 aliphatic rings. The van der Waals surface area contributed by atoms with Gasteiger partial charge in [-0.3, -0.25) is 9.69 Å². The van der Waals surface area contributed by atoms with Crippen LogP contribution in [0.3, 0.4) is 0 Å². The first-order valence-corrected chi connectivity index (χ1v) is 10.3. The molecule has 0 bridgehead atoms. The van der Waals surface area contributed by atoms with Crippen molar-refractivity contribution in [2.24, 2.45) is 0 Å². The highest BCUT2D eigenvalue weighted by Crippen LogP contribution is 2.31. The van der Waals surface area contributed by atoms with Gasteiger partial charge in [0.1, 0.15) is 11.5 Å². The topological polar surface area (TPSA) is 50.8 Å². The molecular formula is C21H25IN2O3. The summed E-state index contributed by atoms with van der Waals surface area (Å²) in [4.78, 5) is 14.7. The first kappa shape index (κ1) is 19.9. The Labute approximate surface area is 174 Å². The van der Waals surface area contributed by atoms with Crippen molar-refractivity contribution in [3.63, 3.8) is 0 Å². The Bertz CT molecular complexity index is 745. The first-order chi connectivity index (χ1) is 13.2. The Balaban J connectivity index is 1.60. The van der Waals surface area contributed by atoms with Gasteiger partial charge in [0, 0.05) is 15.7 Å². The van der Waals surface area contributed by atoms with Gasteiger partial charge in [0.05, 0.1) is 13.2 Å². The van der Waals surface area contributed by atoms with Crippen molar-refractivity contribution in [1.82, 2.24) is 10.2 Å². The number of methoxy groups -OCH3 is 1. The van der Waals surface area contributed by atoms with E-state index < -0.39 is 0 Å². The number of carbonyl (C=O) groups is 1. The largest absolute Gasteiger partial charge is 0.496 e. The molecule has 1 heterocycles. The van der Waals surface area contributed by atoms with Crippen LogP contribution in [0.25, 0.3) is 0 Å². The minimum absolute atomic E-state index is 0.0131. The third-order valence-electron chi connectivity index (χ3n) is 4.76. The zero-order chi connectivity index (χ0) is 19.1. The van der Waals surface area contributed by atoms with E-state index in [4.69, 9.17) is 9.47 Å². The minimum Gasteiger partial charge on any atom is -0.496 e. The van der Waals surface area contributed by atoms with Crippen molar-refractivity contribution in [1.29, 1.82) is 0 Å². The van der Waals surface area contributed by atoms with Crippen molar-refractivity contribution in [3.05, 3.63) is 57.7 Å².